The van der Waals surface area contributed by atoms with Gasteiger partial charge in [-0.1, -0.05) is 0 Å². The van der Waals surface area contributed by atoms with Crippen LogP contribution in [0.1, 0.15) is 6.92 Å². The van der Waals surface area contributed by atoms with E-state index in [1.165, 1.54) is 19.1 Å². The third kappa shape index (κ3) is 2.84. The molecule has 0 fully saturated rings. The normalized spacial score (nSPS) is 10.0. The molecule has 0 aromatic carbocycles. The number of methoxy groups -OCH3 is 1. The quantitative estimate of drug-likeness (QED) is 0.243. The van der Waals surface area contributed by atoms with Gasteiger partial charge in [-0.2, -0.15) is 0 Å². The van der Waals surface area contributed by atoms with E-state index >= 15 is 0 Å². The molecule has 0 aliphatic rings. The lowest BCUT2D eigenvalue weighted by Gasteiger charge is -1.93. The van der Waals surface area contributed by atoms with Crippen molar-refractivity contribution in [3.05, 3.63) is 17.7 Å². The summed E-state index contributed by atoms with van der Waals surface area (Å²) in [4.78, 5) is 20.2. The predicted octanol–water partition coefficient (Wildman–Crippen LogP) is 0.493. The third-order valence-corrected chi connectivity index (χ3v) is 0.909. The summed E-state index contributed by atoms with van der Waals surface area (Å²) in [6, 6.07) is 0. The Morgan fingerprint density at radius 1 is 1.60 bits per heavy atom. The molecule has 0 aromatic rings. The summed E-state index contributed by atoms with van der Waals surface area (Å²) < 4.78 is 4.35. The summed E-state index contributed by atoms with van der Waals surface area (Å²) in [6.45, 7) is 1.56. The molecule has 0 rings (SSSR count). The molecule has 0 heterocycles. The van der Waals surface area contributed by atoms with Gasteiger partial charge in [0.15, 0.2) is 0 Å². The molecular weight excluding hydrogens is 132 g/mol. The monoisotopic (exact) mass is 140 g/mol. The summed E-state index contributed by atoms with van der Waals surface area (Å²) in [7, 11) is 1.28. The lowest BCUT2D eigenvalue weighted by Crippen LogP contribution is -2.00. The van der Waals surface area contributed by atoms with Crippen molar-refractivity contribution >= 4 is 11.9 Å². The third-order valence-electron chi connectivity index (χ3n) is 0.909. The molecule has 3 heteroatoms. The van der Waals surface area contributed by atoms with Gasteiger partial charge < -0.3 is 4.74 Å². The highest BCUT2D eigenvalue weighted by Gasteiger charge is 1.99. The minimum absolute atomic E-state index is 0.380. The van der Waals surface area contributed by atoms with Gasteiger partial charge in [0.2, 0.25) is 0 Å². The lowest BCUT2D eigenvalue weighted by atomic mass is 10.3. The molecule has 0 aliphatic carbocycles. The van der Waals surface area contributed by atoms with E-state index < -0.39 is 5.97 Å². The first kappa shape index (κ1) is 8.66. The maximum Gasteiger partial charge on any atom is 0.333 e. The fourth-order valence-corrected chi connectivity index (χ4v) is 0.388. The molecule has 0 aliphatic heterocycles. The lowest BCUT2D eigenvalue weighted by molar-refractivity contribution is -0.136. The second-order valence-electron chi connectivity index (χ2n) is 1.63. The fourth-order valence-electron chi connectivity index (χ4n) is 0.388. The van der Waals surface area contributed by atoms with E-state index in [1.807, 2.05) is 0 Å². The van der Waals surface area contributed by atoms with E-state index in [0.717, 1.165) is 6.08 Å². The molecule has 0 unspecified atom stereocenters. The minimum atomic E-state index is -0.438. The van der Waals surface area contributed by atoms with Crippen LogP contribution in [0.15, 0.2) is 17.7 Å². The molecule has 0 amide bonds. The molecule has 0 saturated heterocycles. The molecule has 0 saturated carbocycles. The Balaban J connectivity index is 4.18. The van der Waals surface area contributed by atoms with Gasteiger partial charge in [0.1, 0.15) is 5.94 Å². The van der Waals surface area contributed by atoms with Gasteiger partial charge in [-0.05, 0) is 13.0 Å². The second kappa shape index (κ2) is 4.53. The largest absolute Gasteiger partial charge is 0.466 e. The van der Waals surface area contributed by atoms with Crippen LogP contribution in [0.4, 0.5) is 0 Å². The van der Waals surface area contributed by atoms with Crippen molar-refractivity contribution in [1.82, 2.24) is 0 Å². The molecule has 10 heavy (non-hydrogen) atoms. The SMILES string of the molecule is COC(=O)C(C)=CC=C=O. The van der Waals surface area contributed by atoms with Gasteiger partial charge in [0, 0.05) is 11.6 Å². The Labute approximate surface area is 59.0 Å². The van der Waals surface area contributed by atoms with Crippen LogP contribution in [0.5, 0.6) is 0 Å². The van der Waals surface area contributed by atoms with Crippen LogP contribution in [0.25, 0.3) is 0 Å². The summed E-state index contributed by atoms with van der Waals surface area (Å²) in [5.74, 6) is 1.08. The van der Waals surface area contributed by atoms with E-state index in [9.17, 15) is 9.59 Å². The van der Waals surface area contributed by atoms with E-state index in [2.05, 4.69) is 4.74 Å². The van der Waals surface area contributed by atoms with Crippen LogP contribution in [-0.2, 0) is 14.3 Å². The van der Waals surface area contributed by atoms with Gasteiger partial charge in [-0.25, -0.2) is 9.59 Å². The number of allylic oxidation sites excluding steroid dienone is 2. The maximum absolute atomic E-state index is 10.6. The highest BCUT2D eigenvalue weighted by molar-refractivity contribution is 5.88. The van der Waals surface area contributed by atoms with Crippen LogP contribution in [-0.4, -0.2) is 19.0 Å². The van der Waals surface area contributed by atoms with E-state index in [4.69, 9.17) is 0 Å². The number of hydrogen-bond acceptors (Lipinski definition) is 3. The summed E-state index contributed by atoms with van der Waals surface area (Å²) in [5, 5.41) is 0. The van der Waals surface area contributed by atoms with Crippen LogP contribution >= 0.6 is 0 Å². The van der Waals surface area contributed by atoms with Crippen LogP contribution in [0.3, 0.4) is 0 Å². The van der Waals surface area contributed by atoms with Gasteiger partial charge in [0.25, 0.3) is 0 Å². The second-order valence-corrected chi connectivity index (χ2v) is 1.63. The Bertz CT molecular complexity index is 197. The molecule has 54 valence electrons. The van der Waals surface area contributed by atoms with E-state index in [1.54, 1.807) is 6.92 Å². The minimum Gasteiger partial charge on any atom is -0.466 e. The first-order valence-corrected chi connectivity index (χ1v) is 2.68. The standard InChI is InChI=1S/C7H8O3/c1-6(4-3-5-8)7(9)10-2/h3-4H,1-2H3. The molecule has 0 N–H and O–H groups in total. The Kier molecular flexibility index (Phi) is 3.92. The summed E-state index contributed by atoms with van der Waals surface area (Å²) >= 11 is 0. The fraction of sp³-hybridized carbons (Fsp3) is 0.286. The number of ether oxygens (including phenoxy) is 1. The van der Waals surface area contributed by atoms with Crippen molar-refractivity contribution in [2.75, 3.05) is 7.11 Å². The van der Waals surface area contributed by atoms with Crippen molar-refractivity contribution in [3.63, 3.8) is 0 Å². The first-order valence-electron chi connectivity index (χ1n) is 2.68. The number of rotatable bonds is 2. The summed E-state index contributed by atoms with van der Waals surface area (Å²) in [5.41, 5.74) is 0.380. The molecule has 0 atom stereocenters. The summed E-state index contributed by atoms with van der Waals surface area (Å²) in [6.07, 6.45) is 2.46. The van der Waals surface area contributed by atoms with Crippen LogP contribution < -0.4 is 0 Å². The zero-order valence-corrected chi connectivity index (χ0v) is 5.88. The zero-order chi connectivity index (χ0) is 7.98. The predicted molar refractivity (Wildman–Crippen MR) is 36.0 cm³/mol. The molecule has 3 nitrogen and oxygen atoms in total. The van der Waals surface area contributed by atoms with Crippen molar-refractivity contribution < 1.29 is 14.3 Å². The highest BCUT2D eigenvalue weighted by Crippen LogP contribution is 1.93. The Morgan fingerprint density at radius 2 is 2.20 bits per heavy atom. The zero-order valence-electron chi connectivity index (χ0n) is 5.88. The van der Waals surface area contributed by atoms with Crippen molar-refractivity contribution in [1.29, 1.82) is 0 Å². The van der Waals surface area contributed by atoms with Crippen molar-refractivity contribution in [3.8, 4) is 0 Å². The van der Waals surface area contributed by atoms with Crippen molar-refractivity contribution in [2.24, 2.45) is 0 Å². The van der Waals surface area contributed by atoms with Gasteiger partial charge in [-0.3, -0.25) is 0 Å². The number of esters is 1. The average molecular weight is 140 g/mol. The molecule has 0 radical (unpaired) electrons. The molecule has 0 bridgehead atoms. The number of carbonyl (C=O) groups is 1. The van der Waals surface area contributed by atoms with Gasteiger partial charge in [0.05, 0.1) is 7.11 Å². The van der Waals surface area contributed by atoms with Gasteiger partial charge >= 0.3 is 5.97 Å². The molecule has 0 aromatic heterocycles. The number of hydrogen-bond donors (Lipinski definition) is 0. The van der Waals surface area contributed by atoms with E-state index in [-0.39, 0.29) is 0 Å². The van der Waals surface area contributed by atoms with Crippen LogP contribution in [0.2, 0.25) is 0 Å². The highest BCUT2D eigenvalue weighted by atomic mass is 16.5. The Morgan fingerprint density at radius 3 is 2.60 bits per heavy atom. The van der Waals surface area contributed by atoms with Gasteiger partial charge in [-0.15, -0.1) is 0 Å². The topological polar surface area (TPSA) is 43.4 Å². The Hall–Kier alpha value is -1.34. The first-order chi connectivity index (χ1) is 4.72. The maximum atomic E-state index is 10.6. The van der Waals surface area contributed by atoms with Crippen molar-refractivity contribution in [2.45, 2.75) is 6.92 Å². The smallest absolute Gasteiger partial charge is 0.333 e. The average Bonchev–Trinajstić information content (AvgIpc) is 1.98. The number of carbonyl (C=O) groups excluding carboxylic acids is 2. The van der Waals surface area contributed by atoms with E-state index in [0.29, 0.717) is 5.57 Å². The molecular formula is C7H8O3. The van der Waals surface area contributed by atoms with Crippen LogP contribution in [0, 0.1) is 0 Å². The molecule has 0 spiro atoms.